The molecule has 1 aliphatic rings. The van der Waals surface area contributed by atoms with E-state index in [0.717, 1.165) is 48.1 Å². The molecule has 4 rings (SSSR count). The molecule has 1 atom stereocenters. The van der Waals surface area contributed by atoms with Crippen molar-refractivity contribution in [2.75, 3.05) is 19.6 Å². The molecule has 1 aliphatic heterocycles. The van der Waals surface area contributed by atoms with Crippen LogP contribution in [0, 0.1) is 0 Å². The highest BCUT2D eigenvalue weighted by Crippen LogP contribution is 2.25. The molecule has 6 nitrogen and oxygen atoms in total. The van der Waals surface area contributed by atoms with Gasteiger partial charge in [0.1, 0.15) is 0 Å². The number of H-pyrrole nitrogens is 2. The maximum absolute atomic E-state index is 12.9. The lowest BCUT2D eigenvalue weighted by atomic mass is 10.0. The summed E-state index contributed by atoms with van der Waals surface area (Å²) in [5.41, 5.74) is 3.58. The van der Waals surface area contributed by atoms with Gasteiger partial charge < -0.3 is 20.2 Å². The van der Waals surface area contributed by atoms with Crippen molar-refractivity contribution < 1.29 is 4.79 Å². The van der Waals surface area contributed by atoms with Crippen LogP contribution in [0.4, 0.5) is 0 Å². The van der Waals surface area contributed by atoms with E-state index in [0.29, 0.717) is 18.0 Å². The van der Waals surface area contributed by atoms with Crippen LogP contribution in [0.25, 0.3) is 11.0 Å². The highest BCUT2D eigenvalue weighted by molar-refractivity contribution is 6.30. The zero-order valence-corrected chi connectivity index (χ0v) is 16.3. The summed E-state index contributed by atoms with van der Waals surface area (Å²) in [6.45, 7) is 2.25. The van der Waals surface area contributed by atoms with Gasteiger partial charge in [-0.25, -0.2) is 4.79 Å². The first-order valence-corrected chi connectivity index (χ1v) is 9.94. The van der Waals surface area contributed by atoms with Crippen LogP contribution in [-0.2, 0) is 11.2 Å². The number of benzene rings is 2. The Labute approximate surface area is 167 Å². The van der Waals surface area contributed by atoms with Gasteiger partial charge in [-0.05, 0) is 48.2 Å². The lowest BCUT2D eigenvalue weighted by Crippen LogP contribution is -2.48. The molecule has 3 aromatic rings. The minimum absolute atomic E-state index is 0.0150. The second-order valence-electron chi connectivity index (χ2n) is 7.17. The van der Waals surface area contributed by atoms with E-state index >= 15 is 0 Å². The van der Waals surface area contributed by atoms with Crippen molar-refractivity contribution in [2.24, 2.45) is 0 Å². The van der Waals surface area contributed by atoms with Crippen molar-refractivity contribution in [3.05, 3.63) is 69.1 Å². The van der Waals surface area contributed by atoms with Gasteiger partial charge >= 0.3 is 5.69 Å². The van der Waals surface area contributed by atoms with E-state index in [1.807, 2.05) is 47.4 Å². The van der Waals surface area contributed by atoms with Crippen LogP contribution in [0.3, 0.4) is 0 Å². The summed E-state index contributed by atoms with van der Waals surface area (Å²) in [4.78, 5) is 31.7. The molecule has 2 aromatic carbocycles. The minimum atomic E-state index is -0.201. The number of carbonyl (C=O) groups is 1. The smallest absolute Gasteiger partial charge is 0.323 e. The number of piperazine rings is 1. The predicted octanol–water partition coefficient (Wildman–Crippen LogP) is 3.01. The molecule has 0 saturated carbocycles. The number of amides is 1. The van der Waals surface area contributed by atoms with Crippen molar-refractivity contribution in [3.8, 4) is 0 Å². The van der Waals surface area contributed by atoms with Gasteiger partial charge in [-0.1, -0.05) is 29.8 Å². The Morgan fingerprint density at radius 3 is 2.86 bits per heavy atom. The molecule has 2 heterocycles. The first-order valence-electron chi connectivity index (χ1n) is 9.57. The number of fused-ring (bicyclic) bond motifs is 1. The zero-order chi connectivity index (χ0) is 19.5. The van der Waals surface area contributed by atoms with Crippen molar-refractivity contribution >= 4 is 28.5 Å². The number of carbonyl (C=O) groups excluding carboxylic acids is 1. The minimum Gasteiger partial charge on any atom is -0.333 e. The quantitative estimate of drug-likeness (QED) is 0.618. The topological polar surface area (TPSA) is 81.0 Å². The largest absolute Gasteiger partial charge is 0.333 e. The number of aromatic nitrogens is 2. The van der Waals surface area contributed by atoms with Gasteiger partial charge in [-0.2, -0.15) is 0 Å². The molecule has 1 unspecified atom stereocenters. The Hall–Kier alpha value is -2.57. The summed E-state index contributed by atoms with van der Waals surface area (Å²) in [6, 6.07) is 13.6. The first-order chi connectivity index (χ1) is 13.6. The van der Waals surface area contributed by atoms with E-state index in [-0.39, 0.29) is 17.6 Å². The van der Waals surface area contributed by atoms with Gasteiger partial charge in [0.15, 0.2) is 0 Å². The lowest BCUT2D eigenvalue weighted by Gasteiger charge is -2.36. The van der Waals surface area contributed by atoms with Gasteiger partial charge in [-0.15, -0.1) is 0 Å². The molecule has 0 spiro atoms. The van der Waals surface area contributed by atoms with Crippen LogP contribution in [0.5, 0.6) is 0 Å². The number of hydrogen-bond donors (Lipinski definition) is 3. The summed E-state index contributed by atoms with van der Waals surface area (Å²) < 4.78 is 0. The SMILES string of the molecule is O=C(CCCc1ccc2[nH]c(=O)[nH]c2c1)N1CCNCC1c1cccc(Cl)c1. The summed E-state index contributed by atoms with van der Waals surface area (Å²) in [5, 5.41) is 4.06. The van der Waals surface area contributed by atoms with Crippen molar-refractivity contribution in [2.45, 2.75) is 25.3 Å². The van der Waals surface area contributed by atoms with Crippen molar-refractivity contribution in [3.63, 3.8) is 0 Å². The van der Waals surface area contributed by atoms with Gasteiger partial charge in [0.2, 0.25) is 5.91 Å². The van der Waals surface area contributed by atoms with Gasteiger partial charge in [0.05, 0.1) is 17.1 Å². The molecule has 28 heavy (non-hydrogen) atoms. The highest BCUT2D eigenvalue weighted by atomic mass is 35.5. The van der Waals surface area contributed by atoms with Crippen molar-refractivity contribution in [1.82, 2.24) is 20.2 Å². The van der Waals surface area contributed by atoms with Crippen LogP contribution >= 0.6 is 11.6 Å². The monoisotopic (exact) mass is 398 g/mol. The van der Waals surface area contributed by atoms with Gasteiger partial charge in [-0.3, -0.25) is 4.79 Å². The summed E-state index contributed by atoms with van der Waals surface area (Å²) in [7, 11) is 0. The molecule has 3 N–H and O–H groups in total. The fourth-order valence-corrected chi connectivity index (χ4v) is 4.04. The van der Waals surface area contributed by atoms with Crippen LogP contribution < -0.4 is 11.0 Å². The molecule has 1 amide bonds. The highest BCUT2D eigenvalue weighted by Gasteiger charge is 2.27. The Bertz CT molecular complexity index is 1040. The predicted molar refractivity (Wildman–Crippen MR) is 111 cm³/mol. The average molecular weight is 399 g/mol. The fraction of sp³-hybridized carbons (Fsp3) is 0.333. The normalized spacial score (nSPS) is 17.2. The van der Waals surface area contributed by atoms with Crippen LogP contribution in [0.1, 0.15) is 30.0 Å². The average Bonchev–Trinajstić information content (AvgIpc) is 3.07. The molecule has 146 valence electrons. The standard InChI is InChI=1S/C21H23ClN4O2/c22-16-5-2-4-15(12-16)19-13-23-9-10-26(19)20(27)6-1-3-14-7-8-17-18(11-14)25-21(28)24-17/h2,4-5,7-8,11-12,19,23H,1,3,6,9-10,13H2,(H2,24,25,28). The molecule has 1 aromatic heterocycles. The number of nitrogens with one attached hydrogen (secondary N) is 3. The molecule has 0 radical (unpaired) electrons. The molecule has 7 heteroatoms. The second kappa shape index (κ2) is 8.20. The summed E-state index contributed by atoms with van der Waals surface area (Å²) in [5.74, 6) is 0.169. The Morgan fingerprint density at radius 2 is 2.00 bits per heavy atom. The Balaban J connectivity index is 1.39. The number of rotatable bonds is 5. The second-order valence-corrected chi connectivity index (χ2v) is 7.61. The molecule has 0 bridgehead atoms. The van der Waals surface area contributed by atoms with Gasteiger partial charge in [0.25, 0.3) is 0 Å². The van der Waals surface area contributed by atoms with Crippen LogP contribution in [-0.4, -0.2) is 40.4 Å². The third-order valence-corrected chi connectivity index (χ3v) is 5.47. The maximum atomic E-state index is 12.9. The van der Waals surface area contributed by atoms with Crippen LogP contribution in [0.2, 0.25) is 5.02 Å². The maximum Gasteiger partial charge on any atom is 0.323 e. The Morgan fingerprint density at radius 1 is 1.14 bits per heavy atom. The van der Waals surface area contributed by atoms with E-state index in [2.05, 4.69) is 15.3 Å². The number of hydrogen-bond acceptors (Lipinski definition) is 3. The zero-order valence-electron chi connectivity index (χ0n) is 15.5. The van der Waals surface area contributed by atoms with Gasteiger partial charge in [0, 0.05) is 31.1 Å². The van der Waals surface area contributed by atoms with E-state index in [1.165, 1.54) is 0 Å². The molecular weight excluding hydrogens is 376 g/mol. The molecule has 1 saturated heterocycles. The van der Waals surface area contributed by atoms with E-state index in [4.69, 9.17) is 11.6 Å². The molecular formula is C21H23ClN4O2. The summed E-state index contributed by atoms with van der Waals surface area (Å²) in [6.07, 6.45) is 2.06. The lowest BCUT2D eigenvalue weighted by molar-refractivity contribution is -0.134. The number of aromatic amines is 2. The van der Waals surface area contributed by atoms with E-state index < -0.39 is 0 Å². The number of nitrogens with zero attached hydrogens (tertiary/aromatic N) is 1. The van der Waals surface area contributed by atoms with Crippen molar-refractivity contribution in [1.29, 1.82) is 0 Å². The first kappa shape index (κ1) is 18.8. The molecule has 1 fully saturated rings. The number of halogens is 1. The summed E-state index contributed by atoms with van der Waals surface area (Å²) >= 11 is 6.14. The fourth-order valence-electron chi connectivity index (χ4n) is 3.84. The molecule has 0 aliphatic carbocycles. The van der Waals surface area contributed by atoms with Crippen LogP contribution in [0.15, 0.2) is 47.3 Å². The number of imidazole rings is 1. The number of aryl methyl sites for hydroxylation is 1. The van der Waals surface area contributed by atoms with E-state index in [1.54, 1.807) is 0 Å². The third kappa shape index (κ3) is 4.13. The third-order valence-electron chi connectivity index (χ3n) is 5.23. The Kier molecular flexibility index (Phi) is 5.50. The van der Waals surface area contributed by atoms with E-state index in [9.17, 15) is 9.59 Å².